The largest absolute Gasteiger partial charge is 0.505 e. The number of para-hydroxylation sites is 1. The zero-order valence-electron chi connectivity index (χ0n) is 12.3. The minimum atomic E-state index is -0.125. The highest BCUT2D eigenvalue weighted by Gasteiger charge is 2.13. The number of nitrogens with one attached hydrogen (secondary N) is 1. The summed E-state index contributed by atoms with van der Waals surface area (Å²) in [5, 5.41) is 12.6. The number of phenolic OH excluding ortho intramolecular Hbond substituents is 1. The maximum Gasteiger partial charge on any atom is 0.225 e. The number of hydrogen-bond donors (Lipinski definition) is 3. The number of phenols is 1. The third-order valence-electron chi connectivity index (χ3n) is 3.51. The van der Waals surface area contributed by atoms with E-state index in [1.165, 1.54) is 0 Å². The van der Waals surface area contributed by atoms with Gasteiger partial charge in [0.2, 0.25) is 5.91 Å². The van der Waals surface area contributed by atoms with E-state index >= 15 is 0 Å². The lowest BCUT2D eigenvalue weighted by Crippen LogP contribution is -2.14. The lowest BCUT2D eigenvalue weighted by Gasteiger charge is -2.13. The molecule has 0 spiro atoms. The van der Waals surface area contributed by atoms with Crippen molar-refractivity contribution in [1.82, 2.24) is 0 Å². The third kappa shape index (κ3) is 3.75. The molecular weight excluding hydrogens is 264 g/mol. The van der Waals surface area contributed by atoms with Crippen molar-refractivity contribution in [3.63, 3.8) is 0 Å². The molecule has 4 heteroatoms. The summed E-state index contributed by atoms with van der Waals surface area (Å²) >= 11 is 0. The summed E-state index contributed by atoms with van der Waals surface area (Å²) in [5.74, 6) is 0.0729. The van der Waals surface area contributed by atoms with E-state index in [9.17, 15) is 9.90 Å². The molecule has 0 aromatic heterocycles. The first-order valence-electron chi connectivity index (χ1n) is 6.91. The van der Waals surface area contributed by atoms with Crippen LogP contribution in [0.5, 0.6) is 5.75 Å². The first kappa shape index (κ1) is 14.9. The van der Waals surface area contributed by atoms with E-state index in [1.807, 2.05) is 31.2 Å². The van der Waals surface area contributed by atoms with Gasteiger partial charge in [-0.15, -0.1) is 0 Å². The highest BCUT2D eigenvalue weighted by molar-refractivity contribution is 5.92. The number of benzene rings is 2. The molecule has 4 N–H and O–H groups in total. The smallest absolute Gasteiger partial charge is 0.225 e. The van der Waals surface area contributed by atoms with E-state index in [0.29, 0.717) is 17.8 Å². The summed E-state index contributed by atoms with van der Waals surface area (Å²) in [6.07, 6.45) is 0.345. The molecule has 1 amide bonds. The van der Waals surface area contributed by atoms with Gasteiger partial charge in [0.25, 0.3) is 0 Å². The summed E-state index contributed by atoms with van der Waals surface area (Å²) in [5.41, 5.74) is 8.61. The second-order valence-corrected chi connectivity index (χ2v) is 5.29. The van der Waals surface area contributed by atoms with Gasteiger partial charge >= 0.3 is 0 Å². The van der Waals surface area contributed by atoms with E-state index in [1.54, 1.807) is 25.1 Å². The van der Waals surface area contributed by atoms with Crippen LogP contribution in [0.25, 0.3) is 0 Å². The second kappa shape index (κ2) is 6.31. The zero-order chi connectivity index (χ0) is 15.4. The molecule has 1 atom stereocenters. The number of hydrogen-bond acceptors (Lipinski definition) is 3. The standard InChI is InChI=1S/C17H20N2O2/c1-11-4-3-5-15(17(11)21)19-16(20)10-12(2)13-6-8-14(18)9-7-13/h3-9,12,21H,10,18H2,1-2H3,(H,19,20). The Morgan fingerprint density at radius 2 is 1.90 bits per heavy atom. The summed E-state index contributed by atoms with van der Waals surface area (Å²) < 4.78 is 0. The predicted molar refractivity (Wildman–Crippen MR) is 85.4 cm³/mol. The lowest BCUT2D eigenvalue weighted by molar-refractivity contribution is -0.116. The van der Waals surface area contributed by atoms with Gasteiger partial charge in [-0.05, 0) is 42.2 Å². The van der Waals surface area contributed by atoms with Gasteiger partial charge in [-0.1, -0.05) is 31.2 Å². The number of nitrogens with two attached hydrogens (primary N) is 1. The molecule has 2 aromatic rings. The van der Waals surface area contributed by atoms with Crippen LogP contribution in [0.15, 0.2) is 42.5 Å². The number of anilines is 2. The van der Waals surface area contributed by atoms with Crippen LogP contribution in [-0.4, -0.2) is 11.0 Å². The summed E-state index contributed by atoms with van der Waals surface area (Å²) in [7, 11) is 0. The number of carbonyl (C=O) groups is 1. The number of nitrogen functional groups attached to an aromatic ring is 1. The molecule has 0 aliphatic heterocycles. The first-order valence-corrected chi connectivity index (χ1v) is 6.91. The fraction of sp³-hybridized carbons (Fsp3) is 0.235. The number of carbonyl (C=O) groups excluding carboxylic acids is 1. The van der Waals surface area contributed by atoms with Gasteiger partial charge in [0.15, 0.2) is 0 Å². The van der Waals surface area contributed by atoms with Gasteiger partial charge in [0.1, 0.15) is 5.75 Å². The van der Waals surface area contributed by atoms with Crippen molar-refractivity contribution < 1.29 is 9.90 Å². The molecule has 1 unspecified atom stereocenters. The number of aryl methyl sites for hydroxylation is 1. The topological polar surface area (TPSA) is 75.4 Å². The molecule has 110 valence electrons. The molecule has 0 radical (unpaired) electrons. The molecule has 0 bridgehead atoms. The number of aromatic hydroxyl groups is 1. The van der Waals surface area contributed by atoms with Crippen LogP contribution in [0, 0.1) is 6.92 Å². The van der Waals surface area contributed by atoms with Crippen molar-refractivity contribution in [1.29, 1.82) is 0 Å². The van der Waals surface area contributed by atoms with Gasteiger partial charge in [0, 0.05) is 12.1 Å². The van der Waals surface area contributed by atoms with Gasteiger partial charge in [-0.25, -0.2) is 0 Å². The highest BCUT2D eigenvalue weighted by atomic mass is 16.3. The molecule has 0 aliphatic rings. The normalized spacial score (nSPS) is 11.9. The molecule has 21 heavy (non-hydrogen) atoms. The highest BCUT2D eigenvalue weighted by Crippen LogP contribution is 2.27. The Bertz CT molecular complexity index is 636. The zero-order valence-corrected chi connectivity index (χ0v) is 12.3. The van der Waals surface area contributed by atoms with Crippen molar-refractivity contribution >= 4 is 17.3 Å². The summed E-state index contributed by atoms with van der Waals surface area (Å²) in [4.78, 5) is 12.1. The fourth-order valence-electron chi connectivity index (χ4n) is 2.18. The van der Waals surface area contributed by atoms with Crippen LogP contribution < -0.4 is 11.1 Å². The van der Waals surface area contributed by atoms with Gasteiger partial charge in [0.05, 0.1) is 5.69 Å². The summed E-state index contributed by atoms with van der Waals surface area (Å²) in [6, 6.07) is 12.8. The Hall–Kier alpha value is -2.49. The quantitative estimate of drug-likeness (QED) is 0.595. The van der Waals surface area contributed by atoms with Crippen LogP contribution in [0.2, 0.25) is 0 Å². The molecule has 0 saturated heterocycles. The maximum atomic E-state index is 12.1. The van der Waals surface area contributed by atoms with Gasteiger partial charge in [-0.3, -0.25) is 4.79 Å². The second-order valence-electron chi connectivity index (χ2n) is 5.29. The Labute approximate surface area is 124 Å². The van der Waals surface area contributed by atoms with Crippen LogP contribution in [-0.2, 0) is 4.79 Å². The molecular formula is C17H20N2O2. The lowest BCUT2D eigenvalue weighted by atomic mass is 9.97. The van der Waals surface area contributed by atoms with Crippen molar-refractivity contribution in [2.45, 2.75) is 26.2 Å². The number of rotatable bonds is 4. The van der Waals surface area contributed by atoms with Crippen molar-refractivity contribution in [3.8, 4) is 5.75 Å². The molecule has 0 fully saturated rings. The van der Waals surface area contributed by atoms with Crippen LogP contribution in [0.3, 0.4) is 0 Å². The van der Waals surface area contributed by atoms with Crippen molar-refractivity contribution in [2.24, 2.45) is 0 Å². The molecule has 4 nitrogen and oxygen atoms in total. The minimum Gasteiger partial charge on any atom is -0.505 e. The SMILES string of the molecule is Cc1cccc(NC(=O)CC(C)c2ccc(N)cc2)c1O. The Morgan fingerprint density at radius 1 is 1.24 bits per heavy atom. The van der Waals surface area contributed by atoms with E-state index in [-0.39, 0.29) is 17.6 Å². The average Bonchev–Trinajstić information content (AvgIpc) is 2.44. The van der Waals surface area contributed by atoms with Crippen molar-refractivity contribution in [2.75, 3.05) is 11.1 Å². The number of amides is 1. The van der Waals surface area contributed by atoms with Crippen LogP contribution in [0.4, 0.5) is 11.4 Å². The fourth-order valence-corrected chi connectivity index (χ4v) is 2.18. The van der Waals surface area contributed by atoms with E-state index in [2.05, 4.69) is 5.32 Å². The minimum absolute atomic E-state index is 0.0811. The van der Waals surface area contributed by atoms with Crippen LogP contribution >= 0.6 is 0 Å². The third-order valence-corrected chi connectivity index (χ3v) is 3.51. The molecule has 2 aromatic carbocycles. The average molecular weight is 284 g/mol. The molecule has 2 rings (SSSR count). The molecule has 0 aliphatic carbocycles. The molecule has 0 heterocycles. The van der Waals surface area contributed by atoms with Gasteiger partial charge < -0.3 is 16.2 Å². The summed E-state index contributed by atoms with van der Waals surface area (Å²) in [6.45, 7) is 3.78. The first-order chi connectivity index (χ1) is 9.97. The molecule has 0 saturated carbocycles. The van der Waals surface area contributed by atoms with Gasteiger partial charge in [-0.2, -0.15) is 0 Å². The Balaban J connectivity index is 2.01. The van der Waals surface area contributed by atoms with E-state index in [4.69, 9.17) is 5.73 Å². The van der Waals surface area contributed by atoms with E-state index in [0.717, 1.165) is 11.1 Å². The Morgan fingerprint density at radius 3 is 2.57 bits per heavy atom. The maximum absolute atomic E-state index is 12.1. The Kier molecular flexibility index (Phi) is 4.48. The van der Waals surface area contributed by atoms with E-state index < -0.39 is 0 Å². The van der Waals surface area contributed by atoms with Crippen LogP contribution in [0.1, 0.15) is 30.4 Å². The van der Waals surface area contributed by atoms with Crippen molar-refractivity contribution in [3.05, 3.63) is 53.6 Å². The monoisotopic (exact) mass is 284 g/mol. The predicted octanol–water partition coefficient (Wildman–Crippen LogP) is 3.42.